The van der Waals surface area contributed by atoms with Gasteiger partial charge >= 0.3 is 5.69 Å². The van der Waals surface area contributed by atoms with Crippen molar-refractivity contribution in [2.75, 3.05) is 13.1 Å². The number of aliphatic hydroxyl groups excluding tert-OH is 1. The van der Waals surface area contributed by atoms with Crippen molar-refractivity contribution in [1.82, 2.24) is 24.4 Å². The van der Waals surface area contributed by atoms with E-state index in [1.54, 1.807) is 0 Å². The maximum atomic E-state index is 13.5. The standard InChI is InChI=1S/C19H20FN5O4/c1-10-2-3-12-13(6-10)22-16(21-12)4-5-17(27)24-8-14(15(26)9-24)25-7-11(20)18(28)23-19(25)29/h2-3,6-7,14-15,26H,4-5,8-9H2,1H3,(H,21,22)(H,23,28,29)/t14-,15-/m1/s1. The van der Waals surface area contributed by atoms with Crippen molar-refractivity contribution in [2.24, 2.45) is 0 Å². The van der Waals surface area contributed by atoms with E-state index in [9.17, 15) is 23.9 Å². The zero-order valence-electron chi connectivity index (χ0n) is 15.7. The summed E-state index contributed by atoms with van der Waals surface area (Å²) < 4.78 is 14.5. The summed E-state index contributed by atoms with van der Waals surface area (Å²) in [6.07, 6.45) is 0.292. The van der Waals surface area contributed by atoms with E-state index in [2.05, 4.69) is 9.97 Å². The summed E-state index contributed by atoms with van der Waals surface area (Å²) in [7, 11) is 0. The van der Waals surface area contributed by atoms with E-state index >= 15 is 0 Å². The lowest BCUT2D eigenvalue weighted by Crippen LogP contribution is -2.37. The van der Waals surface area contributed by atoms with Crippen molar-refractivity contribution < 1.29 is 14.3 Å². The number of aromatic amines is 2. The summed E-state index contributed by atoms with van der Waals surface area (Å²) in [6, 6.07) is 5.03. The van der Waals surface area contributed by atoms with Crippen molar-refractivity contribution in [3.63, 3.8) is 0 Å². The highest BCUT2D eigenvalue weighted by atomic mass is 19.1. The minimum absolute atomic E-state index is 0.0238. The molecular formula is C19H20FN5O4. The molecule has 3 N–H and O–H groups in total. The second-order valence-electron chi connectivity index (χ2n) is 7.28. The quantitative estimate of drug-likeness (QED) is 0.578. The van der Waals surface area contributed by atoms with Crippen LogP contribution in [0.5, 0.6) is 0 Å². The van der Waals surface area contributed by atoms with Crippen LogP contribution >= 0.6 is 0 Å². The maximum absolute atomic E-state index is 13.5. The summed E-state index contributed by atoms with van der Waals surface area (Å²) in [5.74, 6) is -0.642. The van der Waals surface area contributed by atoms with Crippen LogP contribution in [0.1, 0.15) is 23.9 Å². The van der Waals surface area contributed by atoms with Crippen LogP contribution in [0.15, 0.2) is 34.0 Å². The van der Waals surface area contributed by atoms with E-state index < -0.39 is 29.2 Å². The van der Waals surface area contributed by atoms with E-state index in [-0.39, 0.29) is 25.4 Å². The lowest BCUT2D eigenvalue weighted by atomic mass is 10.2. The van der Waals surface area contributed by atoms with Crippen molar-refractivity contribution >= 4 is 16.9 Å². The molecule has 0 radical (unpaired) electrons. The number of amides is 1. The normalized spacial score (nSPS) is 19.2. The Morgan fingerprint density at radius 3 is 2.90 bits per heavy atom. The van der Waals surface area contributed by atoms with Crippen molar-refractivity contribution in [1.29, 1.82) is 0 Å². The molecule has 1 fully saturated rings. The summed E-state index contributed by atoms with van der Waals surface area (Å²) in [4.78, 5) is 46.6. The van der Waals surface area contributed by atoms with Gasteiger partial charge in [0.2, 0.25) is 11.7 Å². The third kappa shape index (κ3) is 3.70. The first-order valence-electron chi connectivity index (χ1n) is 9.24. The highest BCUT2D eigenvalue weighted by molar-refractivity contribution is 5.78. The smallest absolute Gasteiger partial charge is 0.328 e. The molecule has 3 heterocycles. The van der Waals surface area contributed by atoms with E-state index in [1.165, 1.54) is 4.90 Å². The number of aromatic nitrogens is 4. The molecule has 1 aliphatic heterocycles. The average Bonchev–Trinajstić information content (AvgIpc) is 3.25. The molecule has 1 amide bonds. The number of benzene rings is 1. The van der Waals surface area contributed by atoms with Crippen molar-refractivity contribution in [2.45, 2.75) is 31.9 Å². The van der Waals surface area contributed by atoms with Crippen LogP contribution in [0.25, 0.3) is 11.0 Å². The molecule has 3 aromatic rings. The minimum atomic E-state index is -1.12. The van der Waals surface area contributed by atoms with Gasteiger partial charge in [-0.05, 0) is 24.6 Å². The number of hydrogen-bond donors (Lipinski definition) is 3. The first kappa shape index (κ1) is 19.1. The number of fused-ring (bicyclic) bond motifs is 1. The third-order valence-electron chi connectivity index (χ3n) is 5.16. The molecule has 0 bridgehead atoms. The fourth-order valence-electron chi connectivity index (χ4n) is 3.63. The predicted molar refractivity (Wildman–Crippen MR) is 102 cm³/mol. The summed E-state index contributed by atoms with van der Waals surface area (Å²) in [5, 5.41) is 10.3. The molecule has 29 heavy (non-hydrogen) atoms. The largest absolute Gasteiger partial charge is 0.389 e. The minimum Gasteiger partial charge on any atom is -0.389 e. The number of imidazole rings is 1. The van der Waals surface area contributed by atoms with E-state index in [1.807, 2.05) is 30.1 Å². The topological polar surface area (TPSA) is 124 Å². The van der Waals surface area contributed by atoms with E-state index in [0.29, 0.717) is 12.2 Å². The highest BCUT2D eigenvalue weighted by Gasteiger charge is 2.35. The Morgan fingerprint density at radius 2 is 2.10 bits per heavy atom. The molecule has 10 heteroatoms. The number of H-pyrrole nitrogens is 2. The van der Waals surface area contributed by atoms with Gasteiger partial charge in [-0.25, -0.2) is 9.78 Å². The van der Waals surface area contributed by atoms with Gasteiger partial charge in [-0.3, -0.25) is 19.1 Å². The summed E-state index contributed by atoms with van der Waals surface area (Å²) in [6.45, 7) is 2.05. The van der Waals surface area contributed by atoms with Gasteiger partial charge in [0.05, 0.1) is 29.4 Å². The number of likely N-dealkylation sites (tertiary alicyclic amines) is 1. The maximum Gasteiger partial charge on any atom is 0.328 e. The second-order valence-corrected chi connectivity index (χ2v) is 7.28. The lowest BCUT2D eigenvalue weighted by Gasteiger charge is -2.17. The fourth-order valence-corrected chi connectivity index (χ4v) is 3.63. The number of carbonyl (C=O) groups excluding carboxylic acids is 1. The number of nitrogens with one attached hydrogen (secondary N) is 2. The van der Waals surface area contributed by atoms with Crippen LogP contribution < -0.4 is 11.2 Å². The Bertz CT molecular complexity index is 1200. The number of nitrogens with zero attached hydrogens (tertiary/aromatic N) is 3. The van der Waals surface area contributed by atoms with Crippen LogP contribution in [0, 0.1) is 12.7 Å². The zero-order chi connectivity index (χ0) is 20.7. The SMILES string of the molecule is Cc1ccc2nc(CCC(=O)N3C[C@@H](O)[C@H](n4cc(F)c(=O)[nH]c4=O)C3)[nH]c2c1. The molecule has 1 saturated heterocycles. The molecule has 152 valence electrons. The third-order valence-corrected chi connectivity index (χ3v) is 5.16. The predicted octanol–water partition coefficient (Wildman–Crippen LogP) is 0.237. The second kappa shape index (κ2) is 7.28. The van der Waals surface area contributed by atoms with Gasteiger partial charge < -0.3 is 15.0 Å². The van der Waals surface area contributed by atoms with Crippen molar-refractivity contribution in [3.05, 3.63) is 62.4 Å². The fraction of sp³-hybridized carbons (Fsp3) is 0.368. The molecule has 9 nitrogen and oxygen atoms in total. The first-order chi connectivity index (χ1) is 13.8. The van der Waals surface area contributed by atoms with Crippen LogP contribution in [-0.2, 0) is 11.2 Å². The number of rotatable bonds is 4. The molecule has 2 aromatic heterocycles. The molecule has 0 unspecified atom stereocenters. The molecule has 1 aromatic carbocycles. The number of β-amino-alcohol motifs (C(OH)–C–C–N with tert-alkyl or cyclic N) is 1. The molecule has 0 saturated carbocycles. The Labute approximate surface area is 163 Å². The molecule has 0 spiro atoms. The zero-order valence-corrected chi connectivity index (χ0v) is 15.7. The van der Waals surface area contributed by atoms with Crippen LogP contribution in [0.3, 0.4) is 0 Å². The van der Waals surface area contributed by atoms with Crippen LogP contribution in [0.4, 0.5) is 4.39 Å². The van der Waals surface area contributed by atoms with Gasteiger partial charge in [0.1, 0.15) is 5.82 Å². The van der Waals surface area contributed by atoms with Gasteiger partial charge in [-0.15, -0.1) is 0 Å². The first-order valence-corrected chi connectivity index (χ1v) is 9.24. The summed E-state index contributed by atoms with van der Waals surface area (Å²) in [5.41, 5.74) is 0.896. The monoisotopic (exact) mass is 401 g/mol. The highest BCUT2D eigenvalue weighted by Crippen LogP contribution is 2.22. The Balaban J connectivity index is 1.44. The lowest BCUT2D eigenvalue weighted by molar-refractivity contribution is -0.130. The molecule has 1 aliphatic rings. The van der Waals surface area contributed by atoms with E-state index in [0.717, 1.165) is 27.4 Å². The van der Waals surface area contributed by atoms with E-state index in [4.69, 9.17) is 0 Å². The molecular weight excluding hydrogens is 381 g/mol. The van der Waals surface area contributed by atoms with Crippen molar-refractivity contribution in [3.8, 4) is 0 Å². The molecule has 2 atom stereocenters. The molecule has 4 rings (SSSR count). The number of aryl methyl sites for hydroxylation is 2. The number of halogens is 1. The number of aliphatic hydroxyl groups is 1. The number of hydrogen-bond acceptors (Lipinski definition) is 5. The Morgan fingerprint density at radius 1 is 1.31 bits per heavy atom. The van der Waals surface area contributed by atoms with Crippen LogP contribution in [-0.4, -0.2) is 54.6 Å². The van der Waals surface area contributed by atoms with Gasteiger partial charge in [0.15, 0.2) is 0 Å². The average molecular weight is 401 g/mol. The van der Waals surface area contributed by atoms with Gasteiger partial charge in [0.25, 0.3) is 5.56 Å². The Kier molecular flexibility index (Phi) is 4.79. The molecule has 0 aliphatic carbocycles. The van der Waals surface area contributed by atoms with Gasteiger partial charge in [-0.1, -0.05) is 6.07 Å². The van der Waals surface area contributed by atoms with Gasteiger partial charge in [0, 0.05) is 25.9 Å². The van der Waals surface area contributed by atoms with Gasteiger partial charge in [-0.2, -0.15) is 4.39 Å². The van der Waals surface area contributed by atoms with Crippen LogP contribution in [0.2, 0.25) is 0 Å². The Hall–Kier alpha value is -3.27. The summed E-state index contributed by atoms with van der Waals surface area (Å²) >= 11 is 0. The number of carbonyl (C=O) groups is 1.